The van der Waals surface area contributed by atoms with E-state index in [1.165, 1.54) is 43.5 Å². The Morgan fingerprint density at radius 1 is 1.14 bits per heavy atom. The molecule has 3 rings (SSSR count). The van der Waals surface area contributed by atoms with Crippen molar-refractivity contribution in [3.8, 4) is 11.3 Å². The minimum absolute atomic E-state index is 0.584. The molecular formula is C18H25N3. The van der Waals surface area contributed by atoms with Crippen LogP contribution in [0.25, 0.3) is 11.3 Å². The van der Waals surface area contributed by atoms with Crippen molar-refractivity contribution in [1.29, 1.82) is 0 Å². The highest BCUT2D eigenvalue weighted by Gasteiger charge is 2.24. The second kappa shape index (κ2) is 5.92. The van der Waals surface area contributed by atoms with Gasteiger partial charge in [0.2, 0.25) is 0 Å². The third-order valence-corrected chi connectivity index (χ3v) is 4.65. The van der Waals surface area contributed by atoms with E-state index in [0.29, 0.717) is 5.92 Å². The minimum atomic E-state index is 0.584. The predicted octanol–water partition coefficient (Wildman–Crippen LogP) is 4.51. The fourth-order valence-electron chi connectivity index (χ4n) is 3.41. The van der Waals surface area contributed by atoms with E-state index in [-0.39, 0.29) is 0 Å². The standard InChI is InChI=1S/C18H25N3/c1-3-21-17(19)16(14-11-9-13(2)10-12-14)20-18(21)15-7-5-4-6-8-15/h9-12,15H,3-8,19H2,1-2H3. The molecule has 3 nitrogen and oxygen atoms in total. The topological polar surface area (TPSA) is 43.8 Å². The van der Waals surface area contributed by atoms with Crippen LogP contribution in [-0.4, -0.2) is 9.55 Å². The lowest BCUT2D eigenvalue weighted by Crippen LogP contribution is -2.12. The summed E-state index contributed by atoms with van der Waals surface area (Å²) in [5, 5.41) is 0. The van der Waals surface area contributed by atoms with Gasteiger partial charge in [-0.05, 0) is 26.7 Å². The Labute approximate surface area is 127 Å². The summed E-state index contributed by atoms with van der Waals surface area (Å²) in [5.41, 5.74) is 9.74. The van der Waals surface area contributed by atoms with E-state index in [4.69, 9.17) is 10.7 Å². The molecule has 0 unspecified atom stereocenters. The molecule has 1 aromatic heterocycles. The second-order valence-corrected chi connectivity index (χ2v) is 6.15. The monoisotopic (exact) mass is 283 g/mol. The number of hydrogen-bond acceptors (Lipinski definition) is 2. The molecule has 0 saturated heterocycles. The maximum Gasteiger partial charge on any atom is 0.131 e. The van der Waals surface area contributed by atoms with Crippen LogP contribution in [0.2, 0.25) is 0 Å². The van der Waals surface area contributed by atoms with Crippen LogP contribution >= 0.6 is 0 Å². The smallest absolute Gasteiger partial charge is 0.131 e. The molecule has 1 aliphatic carbocycles. The van der Waals surface area contributed by atoms with Crippen molar-refractivity contribution in [3.05, 3.63) is 35.7 Å². The zero-order valence-electron chi connectivity index (χ0n) is 13.1. The lowest BCUT2D eigenvalue weighted by molar-refractivity contribution is 0.418. The quantitative estimate of drug-likeness (QED) is 0.900. The van der Waals surface area contributed by atoms with Crippen molar-refractivity contribution in [2.75, 3.05) is 5.73 Å². The van der Waals surface area contributed by atoms with Crippen LogP contribution in [0.5, 0.6) is 0 Å². The SMILES string of the molecule is CCn1c(C2CCCCC2)nc(-c2ccc(C)cc2)c1N. The molecule has 0 spiro atoms. The van der Waals surface area contributed by atoms with E-state index in [2.05, 4.69) is 42.7 Å². The van der Waals surface area contributed by atoms with Gasteiger partial charge in [-0.15, -0.1) is 0 Å². The molecule has 2 N–H and O–H groups in total. The van der Waals surface area contributed by atoms with Crippen LogP contribution in [0, 0.1) is 6.92 Å². The number of imidazole rings is 1. The first-order valence-corrected chi connectivity index (χ1v) is 8.13. The number of aryl methyl sites for hydroxylation is 1. The summed E-state index contributed by atoms with van der Waals surface area (Å²) in [5.74, 6) is 2.60. The van der Waals surface area contributed by atoms with Gasteiger partial charge in [-0.3, -0.25) is 0 Å². The average molecular weight is 283 g/mol. The first-order chi connectivity index (χ1) is 10.2. The van der Waals surface area contributed by atoms with Crippen LogP contribution < -0.4 is 5.73 Å². The summed E-state index contributed by atoms with van der Waals surface area (Å²) >= 11 is 0. The number of rotatable bonds is 3. The highest BCUT2D eigenvalue weighted by atomic mass is 15.1. The van der Waals surface area contributed by atoms with Gasteiger partial charge in [0.05, 0.1) is 0 Å². The summed E-state index contributed by atoms with van der Waals surface area (Å²) < 4.78 is 2.21. The van der Waals surface area contributed by atoms with E-state index in [0.717, 1.165) is 23.6 Å². The van der Waals surface area contributed by atoms with Crippen LogP contribution in [0.3, 0.4) is 0 Å². The summed E-state index contributed by atoms with van der Waals surface area (Å²) in [6.45, 7) is 5.16. The Morgan fingerprint density at radius 2 is 1.81 bits per heavy atom. The number of nitrogens with two attached hydrogens (primary N) is 1. The maximum absolute atomic E-state index is 6.39. The van der Waals surface area contributed by atoms with Crippen molar-refractivity contribution < 1.29 is 0 Å². The van der Waals surface area contributed by atoms with Crippen molar-refractivity contribution in [1.82, 2.24) is 9.55 Å². The summed E-state index contributed by atoms with van der Waals surface area (Å²) in [4.78, 5) is 4.94. The van der Waals surface area contributed by atoms with Crippen molar-refractivity contribution in [3.63, 3.8) is 0 Å². The molecule has 2 aromatic rings. The van der Waals surface area contributed by atoms with Gasteiger partial charge in [0.15, 0.2) is 0 Å². The molecule has 3 heteroatoms. The van der Waals surface area contributed by atoms with Crippen LogP contribution in [0.4, 0.5) is 5.82 Å². The predicted molar refractivity (Wildman–Crippen MR) is 88.3 cm³/mol. The summed E-state index contributed by atoms with van der Waals surface area (Å²) in [7, 11) is 0. The summed E-state index contributed by atoms with van der Waals surface area (Å²) in [6, 6.07) is 8.50. The van der Waals surface area contributed by atoms with Gasteiger partial charge in [-0.2, -0.15) is 0 Å². The average Bonchev–Trinajstić information content (AvgIpc) is 2.86. The van der Waals surface area contributed by atoms with Crippen LogP contribution in [-0.2, 0) is 6.54 Å². The first-order valence-electron chi connectivity index (χ1n) is 8.13. The number of aromatic nitrogens is 2. The fourth-order valence-corrected chi connectivity index (χ4v) is 3.41. The van der Waals surface area contributed by atoms with E-state index in [9.17, 15) is 0 Å². The zero-order valence-corrected chi connectivity index (χ0v) is 13.1. The number of nitrogens with zero attached hydrogens (tertiary/aromatic N) is 2. The molecule has 21 heavy (non-hydrogen) atoms. The third kappa shape index (κ3) is 2.69. The van der Waals surface area contributed by atoms with E-state index >= 15 is 0 Å². The molecule has 1 saturated carbocycles. The normalized spacial score (nSPS) is 16.3. The molecular weight excluding hydrogens is 258 g/mol. The van der Waals surface area contributed by atoms with Gasteiger partial charge >= 0.3 is 0 Å². The number of nitrogen functional groups attached to an aromatic ring is 1. The number of benzene rings is 1. The molecule has 112 valence electrons. The van der Waals surface area contributed by atoms with Gasteiger partial charge in [-0.1, -0.05) is 49.1 Å². The maximum atomic E-state index is 6.39. The Balaban J connectivity index is 2.02. The lowest BCUT2D eigenvalue weighted by atomic mass is 9.88. The highest BCUT2D eigenvalue weighted by Crippen LogP contribution is 2.36. The molecule has 0 atom stereocenters. The molecule has 0 bridgehead atoms. The van der Waals surface area contributed by atoms with E-state index < -0.39 is 0 Å². The lowest BCUT2D eigenvalue weighted by Gasteiger charge is -2.21. The minimum Gasteiger partial charge on any atom is -0.383 e. The molecule has 1 aliphatic rings. The molecule has 0 amide bonds. The molecule has 0 aliphatic heterocycles. The zero-order chi connectivity index (χ0) is 14.8. The molecule has 1 fully saturated rings. The number of anilines is 1. The number of hydrogen-bond donors (Lipinski definition) is 1. The van der Waals surface area contributed by atoms with E-state index in [1.54, 1.807) is 0 Å². The van der Waals surface area contributed by atoms with Gasteiger partial charge < -0.3 is 10.3 Å². The van der Waals surface area contributed by atoms with Crippen LogP contribution in [0.1, 0.15) is 56.3 Å². The molecule has 0 radical (unpaired) electrons. The van der Waals surface area contributed by atoms with Gasteiger partial charge in [0.25, 0.3) is 0 Å². The Hall–Kier alpha value is -1.77. The Bertz CT molecular complexity index is 604. The van der Waals surface area contributed by atoms with Crippen molar-refractivity contribution in [2.24, 2.45) is 0 Å². The Kier molecular flexibility index (Phi) is 4.00. The highest BCUT2D eigenvalue weighted by molar-refractivity contribution is 5.71. The Morgan fingerprint density at radius 3 is 2.43 bits per heavy atom. The van der Waals surface area contributed by atoms with E-state index in [1.807, 2.05) is 0 Å². The molecule has 1 aromatic carbocycles. The van der Waals surface area contributed by atoms with Crippen molar-refractivity contribution in [2.45, 2.75) is 58.4 Å². The largest absolute Gasteiger partial charge is 0.383 e. The van der Waals surface area contributed by atoms with Crippen LogP contribution in [0.15, 0.2) is 24.3 Å². The van der Waals surface area contributed by atoms with Gasteiger partial charge in [-0.25, -0.2) is 4.98 Å². The first kappa shape index (κ1) is 14.2. The third-order valence-electron chi connectivity index (χ3n) is 4.65. The fraction of sp³-hybridized carbons (Fsp3) is 0.500. The van der Waals surface area contributed by atoms with Gasteiger partial charge in [0, 0.05) is 18.0 Å². The summed E-state index contributed by atoms with van der Waals surface area (Å²) in [6.07, 6.45) is 6.51. The van der Waals surface area contributed by atoms with Gasteiger partial charge in [0.1, 0.15) is 17.3 Å². The molecule has 1 heterocycles. The second-order valence-electron chi connectivity index (χ2n) is 6.15. The van der Waals surface area contributed by atoms with Crippen molar-refractivity contribution >= 4 is 5.82 Å².